The Bertz CT molecular complexity index is 1460. The summed E-state index contributed by atoms with van der Waals surface area (Å²) in [6, 6.07) is 4.74. The molecule has 2 atom stereocenters. The van der Waals surface area contributed by atoms with Crippen molar-refractivity contribution in [2.75, 3.05) is 18.6 Å². The van der Waals surface area contributed by atoms with Crippen molar-refractivity contribution in [3.63, 3.8) is 0 Å². The Morgan fingerprint density at radius 3 is 2.92 bits per heavy atom. The van der Waals surface area contributed by atoms with E-state index >= 15 is 0 Å². The van der Waals surface area contributed by atoms with Crippen LogP contribution in [-0.2, 0) is 25.8 Å². The van der Waals surface area contributed by atoms with Crippen LogP contribution in [0.4, 0.5) is 5.13 Å². The number of fused-ring (bicyclic) bond motifs is 2. The van der Waals surface area contributed by atoms with Crippen LogP contribution in [0.2, 0.25) is 0 Å². The average Bonchev–Trinajstić information content (AvgIpc) is 3.47. The number of aliphatic carboxylic acids is 1. The number of thioether (sulfide) groups is 1. The monoisotopic (exact) mass is 530 g/mol. The molecule has 0 aromatic carbocycles. The molecule has 0 unspecified atom stereocenters. The van der Waals surface area contributed by atoms with Crippen LogP contribution in [0.3, 0.4) is 0 Å². The van der Waals surface area contributed by atoms with Crippen LogP contribution in [0.25, 0.3) is 5.65 Å². The molecule has 0 saturated carbocycles. The minimum atomic E-state index is -1.22. The molecule has 16 heteroatoms. The fourth-order valence-corrected chi connectivity index (χ4v) is 5.85. The van der Waals surface area contributed by atoms with Crippen molar-refractivity contribution in [1.82, 2.24) is 29.2 Å². The van der Waals surface area contributed by atoms with Crippen LogP contribution in [0.5, 0.6) is 0 Å². The summed E-state index contributed by atoms with van der Waals surface area (Å²) in [4.78, 5) is 48.0. The van der Waals surface area contributed by atoms with E-state index in [1.165, 1.54) is 23.8 Å². The first-order valence-electron chi connectivity index (χ1n) is 10.5. The van der Waals surface area contributed by atoms with Crippen LogP contribution < -0.4 is 15.6 Å². The van der Waals surface area contributed by atoms with Gasteiger partial charge in [-0.2, -0.15) is 9.36 Å². The average molecular weight is 531 g/mol. The zero-order chi connectivity index (χ0) is 25.6. The predicted molar refractivity (Wildman–Crippen MR) is 128 cm³/mol. The van der Waals surface area contributed by atoms with E-state index < -0.39 is 29.2 Å². The number of carbonyl (C=O) groups excluding carboxylic acids is 2. The van der Waals surface area contributed by atoms with E-state index in [2.05, 4.69) is 24.9 Å². The molecule has 186 valence electrons. The van der Waals surface area contributed by atoms with Gasteiger partial charge >= 0.3 is 5.97 Å². The molecule has 3 aromatic heterocycles. The van der Waals surface area contributed by atoms with Gasteiger partial charge in [0, 0.05) is 34.0 Å². The summed E-state index contributed by atoms with van der Waals surface area (Å²) in [5.74, 6) is -2.19. The van der Waals surface area contributed by atoms with Crippen LogP contribution >= 0.6 is 23.3 Å². The molecular formula is C20H20N9O5S2+. The molecule has 5 heterocycles. The van der Waals surface area contributed by atoms with E-state index in [-0.39, 0.29) is 28.9 Å². The number of β-lactam (4-membered cyclic amide) rings is 1. The largest absolute Gasteiger partial charge is 0.477 e. The second-order valence-electron chi connectivity index (χ2n) is 7.89. The minimum absolute atomic E-state index is 0.0363. The third-order valence-corrected chi connectivity index (χ3v) is 7.57. The Balaban J connectivity index is 1.38. The third kappa shape index (κ3) is 3.93. The molecule has 5 rings (SSSR count). The molecule has 0 aliphatic carbocycles. The summed E-state index contributed by atoms with van der Waals surface area (Å²) in [7, 11) is 1.25. The number of nitrogens with one attached hydrogen (secondary N) is 1. The van der Waals surface area contributed by atoms with E-state index in [1.807, 2.05) is 29.7 Å². The Hall–Kier alpha value is -4.05. The number of carboxylic acid groups (broad SMARTS) is 1. The number of aromatic nitrogens is 5. The van der Waals surface area contributed by atoms with Gasteiger partial charge in [-0.25, -0.2) is 9.36 Å². The lowest BCUT2D eigenvalue weighted by Gasteiger charge is -2.49. The fraction of sp³-hybridized carbons (Fsp3) is 0.300. The van der Waals surface area contributed by atoms with Gasteiger partial charge in [0.15, 0.2) is 5.13 Å². The van der Waals surface area contributed by atoms with Gasteiger partial charge in [-0.3, -0.25) is 14.5 Å². The van der Waals surface area contributed by atoms with E-state index in [9.17, 15) is 19.5 Å². The number of pyridine rings is 1. The molecule has 0 bridgehead atoms. The fourth-order valence-electron chi connectivity index (χ4n) is 4.08. The van der Waals surface area contributed by atoms with E-state index in [1.54, 1.807) is 10.8 Å². The number of aryl methyl sites for hydroxylation is 1. The van der Waals surface area contributed by atoms with Gasteiger partial charge in [0.25, 0.3) is 23.8 Å². The molecule has 0 spiro atoms. The summed E-state index contributed by atoms with van der Waals surface area (Å²) in [6.07, 6.45) is 1.63. The number of nitrogen functional groups attached to an aromatic ring is 1. The minimum Gasteiger partial charge on any atom is -0.477 e. The Labute approximate surface area is 211 Å². The van der Waals surface area contributed by atoms with Crippen LogP contribution in [0.1, 0.15) is 11.5 Å². The number of carboxylic acids is 1. The highest BCUT2D eigenvalue weighted by atomic mass is 32.2. The van der Waals surface area contributed by atoms with Crippen LogP contribution in [-0.4, -0.2) is 76.8 Å². The second kappa shape index (κ2) is 9.19. The SMILES string of the molecule is CO/N=C(\C(=O)N[C@@H]1C(=O)N2C(C(=O)O)=C(C[n+]3cnn4c(C)cccc43)CS[C@H]12)c1nsc(N)n1. The second-order valence-corrected chi connectivity index (χ2v) is 9.78. The summed E-state index contributed by atoms with van der Waals surface area (Å²) >= 11 is 2.24. The van der Waals surface area contributed by atoms with Crippen molar-refractivity contribution < 1.29 is 28.9 Å². The number of oxime groups is 1. The van der Waals surface area contributed by atoms with Gasteiger partial charge in [-0.15, -0.1) is 11.8 Å². The molecule has 1 saturated heterocycles. The maximum absolute atomic E-state index is 13.0. The first-order chi connectivity index (χ1) is 17.3. The van der Waals surface area contributed by atoms with E-state index in [0.29, 0.717) is 11.3 Å². The van der Waals surface area contributed by atoms with Crippen LogP contribution in [0.15, 0.2) is 41.0 Å². The van der Waals surface area contributed by atoms with Gasteiger partial charge in [0.2, 0.25) is 11.5 Å². The molecule has 1 fully saturated rings. The number of amides is 2. The van der Waals surface area contributed by atoms with Crippen molar-refractivity contribution in [3.05, 3.63) is 47.3 Å². The van der Waals surface area contributed by atoms with Gasteiger partial charge in [-0.05, 0) is 13.0 Å². The highest BCUT2D eigenvalue weighted by Gasteiger charge is 2.54. The van der Waals surface area contributed by atoms with Crippen molar-refractivity contribution in [1.29, 1.82) is 0 Å². The molecular weight excluding hydrogens is 510 g/mol. The first-order valence-corrected chi connectivity index (χ1v) is 12.4. The van der Waals surface area contributed by atoms with Gasteiger partial charge in [-0.1, -0.05) is 15.7 Å². The predicted octanol–water partition coefficient (Wildman–Crippen LogP) is -0.847. The number of hydrogen-bond donors (Lipinski definition) is 3. The quantitative estimate of drug-likeness (QED) is 0.151. The topological polar surface area (TPSA) is 181 Å². The molecule has 3 aromatic rings. The number of nitrogens with zero attached hydrogens (tertiary/aromatic N) is 7. The number of rotatable bonds is 7. The number of nitrogens with two attached hydrogens (primary N) is 1. The molecule has 14 nitrogen and oxygen atoms in total. The molecule has 2 aliphatic rings. The molecule has 36 heavy (non-hydrogen) atoms. The number of hydrogen-bond acceptors (Lipinski definition) is 11. The highest BCUT2D eigenvalue weighted by molar-refractivity contribution is 8.00. The summed E-state index contributed by atoms with van der Waals surface area (Å²) < 4.78 is 7.54. The smallest absolute Gasteiger partial charge is 0.352 e. The number of carbonyl (C=O) groups is 3. The highest BCUT2D eigenvalue weighted by Crippen LogP contribution is 2.40. The lowest BCUT2D eigenvalue weighted by molar-refractivity contribution is -0.664. The van der Waals surface area contributed by atoms with Crippen molar-refractivity contribution >= 4 is 57.6 Å². The first kappa shape index (κ1) is 23.7. The maximum Gasteiger partial charge on any atom is 0.352 e. The van der Waals surface area contributed by atoms with E-state index in [0.717, 1.165) is 22.9 Å². The van der Waals surface area contributed by atoms with Crippen molar-refractivity contribution in [2.45, 2.75) is 24.9 Å². The summed E-state index contributed by atoms with van der Waals surface area (Å²) in [5, 5.41) is 20.1. The normalized spacial score (nSPS) is 19.8. The van der Waals surface area contributed by atoms with Crippen molar-refractivity contribution in [3.8, 4) is 0 Å². The molecule has 4 N–H and O–H groups in total. The van der Waals surface area contributed by atoms with Crippen LogP contribution in [0, 0.1) is 6.92 Å². The Morgan fingerprint density at radius 2 is 2.22 bits per heavy atom. The summed E-state index contributed by atoms with van der Waals surface area (Å²) in [6.45, 7) is 2.17. The van der Waals surface area contributed by atoms with Crippen molar-refractivity contribution in [2.24, 2.45) is 5.16 Å². The number of anilines is 1. The molecule has 2 amide bonds. The zero-order valence-electron chi connectivity index (χ0n) is 19.0. The van der Waals surface area contributed by atoms with Gasteiger partial charge < -0.3 is 21.0 Å². The zero-order valence-corrected chi connectivity index (χ0v) is 20.6. The maximum atomic E-state index is 13.0. The molecule has 0 radical (unpaired) electrons. The Morgan fingerprint density at radius 1 is 1.42 bits per heavy atom. The lowest BCUT2D eigenvalue weighted by atomic mass is 10.0. The molecule has 2 aliphatic heterocycles. The third-order valence-electron chi connectivity index (χ3n) is 5.68. The lowest BCUT2D eigenvalue weighted by Crippen LogP contribution is -2.71. The van der Waals surface area contributed by atoms with Gasteiger partial charge in [0.05, 0.1) is 6.54 Å². The van der Waals surface area contributed by atoms with E-state index in [4.69, 9.17) is 10.6 Å². The Kier molecular flexibility index (Phi) is 6.05. The standard InChI is InChI=1S/C20H19N9O5S2/c1-9-4-3-5-11-27(8-22-29(9)11)6-10-7-35-18-13(17(31)28(18)14(10)19(32)33)23-16(30)12(25-34-2)15-24-20(21)36-26-15/h3-5,8,13,18H,6-7H2,1-2H3,(H3-,21,23,24,26,30,32,33)/p+1/b25-12-/t13-,18-/m1/s1. The summed E-state index contributed by atoms with van der Waals surface area (Å²) in [5.41, 5.74) is 7.54. The van der Waals surface area contributed by atoms with Gasteiger partial charge in [0.1, 0.15) is 29.9 Å².